The second-order valence-corrected chi connectivity index (χ2v) is 7.76. The van der Waals surface area contributed by atoms with E-state index < -0.39 is 32.3 Å². The maximum Gasteiger partial charge on any atom is 2.00 e. The standard InChI is InChI=1S/C19H15ClN2O6S.Sr/c1-2-10-7-8-14(18(15(10)20)29(26,27)28)21-22-16-12-6-4-3-5-11(12)9-13(17(16)23)19(24)25;/h3-9,23H,2H2,1H3,(H,24,25)(H,26,27,28);/q;+2/p-2. The van der Waals surface area contributed by atoms with Crippen LogP contribution in [0, 0.1) is 0 Å². The first-order chi connectivity index (χ1) is 13.6. The van der Waals surface area contributed by atoms with Gasteiger partial charge in [-0.25, -0.2) is 0 Å². The number of aromatic carboxylic acids is 1. The van der Waals surface area contributed by atoms with Crippen LogP contribution in [-0.4, -0.2) is 64.4 Å². The number of carboxylic acid groups (broad SMARTS) is 1. The van der Waals surface area contributed by atoms with Crippen LogP contribution >= 0.6 is 11.6 Å². The maximum absolute atomic E-state index is 12.5. The molecular weight excluding hydrogens is 507 g/mol. The second-order valence-electron chi connectivity index (χ2n) is 6.03. The molecule has 0 amide bonds. The molecule has 0 saturated carbocycles. The molecule has 3 aromatic carbocycles. The normalized spacial score (nSPS) is 11.6. The second kappa shape index (κ2) is 9.73. The van der Waals surface area contributed by atoms with Crippen molar-refractivity contribution in [1.82, 2.24) is 0 Å². The summed E-state index contributed by atoms with van der Waals surface area (Å²) in [5, 5.41) is 31.9. The quantitative estimate of drug-likeness (QED) is 0.311. The first-order valence-electron chi connectivity index (χ1n) is 8.29. The third-order valence-electron chi connectivity index (χ3n) is 4.25. The van der Waals surface area contributed by atoms with E-state index in [1.54, 1.807) is 31.2 Å². The molecule has 0 aromatic heterocycles. The Balaban J connectivity index is 0.00000320. The monoisotopic (exact) mass is 520 g/mol. The molecule has 0 fully saturated rings. The Morgan fingerprint density at radius 2 is 1.83 bits per heavy atom. The van der Waals surface area contributed by atoms with Crippen molar-refractivity contribution in [2.75, 3.05) is 0 Å². The van der Waals surface area contributed by atoms with Gasteiger partial charge in [-0.2, -0.15) is 13.5 Å². The molecule has 0 spiro atoms. The number of fused-ring (bicyclic) bond motifs is 1. The number of hydrogen-bond donors (Lipinski definition) is 1. The van der Waals surface area contributed by atoms with Gasteiger partial charge >= 0.3 is 45.5 Å². The SMILES string of the molecule is CCc1ccc(N=Nc2c([O-])c(C(=O)[O-])cc3ccccc23)c(S(=O)(=O)O)c1Cl.[Sr+2]. The summed E-state index contributed by atoms with van der Waals surface area (Å²) in [4.78, 5) is 10.6. The predicted octanol–water partition coefficient (Wildman–Crippen LogP) is 2.77. The summed E-state index contributed by atoms with van der Waals surface area (Å²) in [5.41, 5.74) is -0.740. The maximum atomic E-state index is 12.5. The zero-order valence-corrected chi connectivity index (χ0v) is 20.7. The molecule has 0 aliphatic rings. The Morgan fingerprint density at radius 3 is 2.43 bits per heavy atom. The number of halogens is 1. The zero-order chi connectivity index (χ0) is 21.3. The predicted molar refractivity (Wildman–Crippen MR) is 108 cm³/mol. The van der Waals surface area contributed by atoms with E-state index in [4.69, 9.17) is 11.6 Å². The average Bonchev–Trinajstić information content (AvgIpc) is 2.65. The number of carbonyl (C=O) groups is 1. The Bertz CT molecular complexity index is 1280. The van der Waals surface area contributed by atoms with Gasteiger partial charge in [0.2, 0.25) is 0 Å². The van der Waals surface area contributed by atoms with Crippen molar-refractivity contribution >= 4 is 95.3 Å². The molecule has 0 radical (unpaired) electrons. The third kappa shape index (κ3) is 4.86. The van der Waals surface area contributed by atoms with Crippen LogP contribution in [0.2, 0.25) is 5.02 Å². The Labute approximate surface area is 214 Å². The van der Waals surface area contributed by atoms with Gasteiger partial charge in [0.15, 0.2) is 0 Å². The van der Waals surface area contributed by atoms with Gasteiger partial charge in [0, 0.05) is 5.39 Å². The van der Waals surface area contributed by atoms with E-state index in [1.807, 2.05) is 0 Å². The van der Waals surface area contributed by atoms with Crippen molar-refractivity contribution in [3.63, 3.8) is 0 Å². The molecule has 0 unspecified atom stereocenters. The van der Waals surface area contributed by atoms with Crippen LogP contribution in [0.25, 0.3) is 10.8 Å². The smallest absolute Gasteiger partial charge is 0.871 e. The minimum atomic E-state index is -4.74. The molecule has 30 heavy (non-hydrogen) atoms. The van der Waals surface area contributed by atoms with Gasteiger partial charge in [-0.05, 0) is 35.1 Å². The molecular formula is C19H13ClN2O6SSr. The van der Waals surface area contributed by atoms with E-state index in [0.717, 1.165) is 0 Å². The van der Waals surface area contributed by atoms with E-state index in [2.05, 4.69) is 10.2 Å². The van der Waals surface area contributed by atoms with Gasteiger partial charge in [0.25, 0.3) is 10.1 Å². The topological polar surface area (TPSA) is 142 Å². The largest absolute Gasteiger partial charge is 2.00 e. The van der Waals surface area contributed by atoms with Gasteiger partial charge in [-0.3, -0.25) is 4.55 Å². The van der Waals surface area contributed by atoms with Crippen molar-refractivity contribution in [2.45, 2.75) is 18.2 Å². The van der Waals surface area contributed by atoms with Crippen molar-refractivity contribution in [2.24, 2.45) is 10.2 Å². The molecule has 0 heterocycles. The molecule has 0 aliphatic heterocycles. The van der Waals surface area contributed by atoms with E-state index in [1.165, 1.54) is 18.2 Å². The van der Waals surface area contributed by atoms with E-state index in [-0.39, 0.29) is 61.9 Å². The van der Waals surface area contributed by atoms with Crippen LogP contribution < -0.4 is 10.2 Å². The molecule has 0 bridgehead atoms. The van der Waals surface area contributed by atoms with E-state index in [0.29, 0.717) is 22.8 Å². The Morgan fingerprint density at radius 1 is 1.17 bits per heavy atom. The average molecular weight is 520 g/mol. The summed E-state index contributed by atoms with van der Waals surface area (Å²) in [6, 6.07) is 10.4. The van der Waals surface area contributed by atoms with Crippen molar-refractivity contribution in [3.8, 4) is 5.75 Å². The molecule has 1 N–H and O–H groups in total. The minimum absolute atomic E-state index is 0. The van der Waals surface area contributed by atoms with Crippen LogP contribution in [0.15, 0.2) is 57.6 Å². The minimum Gasteiger partial charge on any atom is -0.871 e. The van der Waals surface area contributed by atoms with Crippen LogP contribution in [0.1, 0.15) is 22.8 Å². The van der Waals surface area contributed by atoms with Gasteiger partial charge in [0.1, 0.15) is 10.6 Å². The fourth-order valence-corrected chi connectivity index (χ4v) is 4.16. The number of azo groups is 1. The van der Waals surface area contributed by atoms with Crippen LogP contribution in [-0.2, 0) is 16.5 Å². The molecule has 0 aliphatic carbocycles. The van der Waals surface area contributed by atoms with Crippen LogP contribution in [0.4, 0.5) is 11.4 Å². The van der Waals surface area contributed by atoms with Gasteiger partial charge in [0.05, 0.1) is 16.7 Å². The van der Waals surface area contributed by atoms with Crippen LogP contribution in [0.5, 0.6) is 5.75 Å². The van der Waals surface area contributed by atoms with Gasteiger partial charge < -0.3 is 15.0 Å². The first kappa shape index (κ1) is 24.7. The molecule has 3 aromatic rings. The summed E-state index contributed by atoms with van der Waals surface area (Å²) < 4.78 is 33.1. The Kier molecular flexibility index (Phi) is 8.03. The molecule has 150 valence electrons. The zero-order valence-electron chi connectivity index (χ0n) is 15.6. The summed E-state index contributed by atoms with van der Waals surface area (Å²) >= 11 is 6.09. The third-order valence-corrected chi connectivity index (χ3v) is 5.72. The van der Waals surface area contributed by atoms with Gasteiger partial charge in [-0.1, -0.05) is 54.6 Å². The first-order valence-corrected chi connectivity index (χ1v) is 10.1. The van der Waals surface area contributed by atoms with Gasteiger partial charge in [-0.15, -0.1) is 5.11 Å². The number of aryl methyl sites for hydroxylation is 1. The Hall–Kier alpha value is -1.53. The summed E-state index contributed by atoms with van der Waals surface area (Å²) in [6.07, 6.45) is 0.405. The van der Waals surface area contributed by atoms with E-state index >= 15 is 0 Å². The van der Waals surface area contributed by atoms with Crippen molar-refractivity contribution in [3.05, 3.63) is 58.6 Å². The molecule has 0 saturated heterocycles. The van der Waals surface area contributed by atoms with Crippen molar-refractivity contribution < 1.29 is 28.0 Å². The number of benzene rings is 3. The summed E-state index contributed by atoms with van der Waals surface area (Å²) in [6.45, 7) is 1.75. The fraction of sp³-hybridized carbons (Fsp3) is 0.105. The van der Waals surface area contributed by atoms with Crippen LogP contribution in [0.3, 0.4) is 0 Å². The number of nitrogens with zero attached hydrogens (tertiary/aromatic N) is 2. The molecule has 8 nitrogen and oxygen atoms in total. The summed E-state index contributed by atoms with van der Waals surface area (Å²) in [5.74, 6) is -2.61. The molecule has 11 heteroatoms. The number of carbonyl (C=O) groups excluding carboxylic acids is 1. The fourth-order valence-electron chi connectivity index (χ4n) is 2.85. The molecule has 0 atom stereocenters. The van der Waals surface area contributed by atoms with Crippen molar-refractivity contribution in [1.29, 1.82) is 0 Å². The number of rotatable bonds is 5. The van der Waals surface area contributed by atoms with E-state index in [9.17, 15) is 28.0 Å². The number of carboxylic acids is 1. The summed E-state index contributed by atoms with van der Waals surface area (Å²) in [7, 11) is -4.74. The number of hydrogen-bond acceptors (Lipinski definition) is 7. The molecule has 3 rings (SSSR count).